The molecule has 1 saturated heterocycles. The standard InChI is InChI=1S/C14H19BrN2O3/c1-9-5-10(2)8-17(7-9)13(18)6-16-14(19)11-3-4-12(15)20-11/h3-4,9-10H,5-8H2,1-2H3,(H,16,19)/t9-,10+. The number of nitrogens with zero attached hydrogens (tertiary/aromatic N) is 1. The maximum Gasteiger partial charge on any atom is 0.287 e. The number of furan rings is 1. The monoisotopic (exact) mass is 342 g/mol. The number of halogens is 1. The molecule has 1 aromatic heterocycles. The lowest BCUT2D eigenvalue weighted by atomic mass is 9.92. The van der Waals surface area contributed by atoms with E-state index in [2.05, 4.69) is 35.1 Å². The molecule has 2 atom stereocenters. The van der Waals surface area contributed by atoms with Crippen molar-refractivity contribution in [3.05, 3.63) is 22.6 Å². The molecule has 0 unspecified atom stereocenters. The largest absolute Gasteiger partial charge is 0.444 e. The van der Waals surface area contributed by atoms with Gasteiger partial charge in [0.05, 0.1) is 6.54 Å². The molecular weight excluding hydrogens is 324 g/mol. The Bertz CT molecular complexity index is 490. The van der Waals surface area contributed by atoms with Gasteiger partial charge in [-0.15, -0.1) is 0 Å². The van der Waals surface area contributed by atoms with Gasteiger partial charge in [0, 0.05) is 13.1 Å². The van der Waals surface area contributed by atoms with Crippen LogP contribution in [0.1, 0.15) is 30.8 Å². The minimum Gasteiger partial charge on any atom is -0.444 e. The first kappa shape index (κ1) is 15.1. The van der Waals surface area contributed by atoms with Crippen LogP contribution in [0, 0.1) is 11.8 Å². The summed E-state index contributed by atoms with van der Waals surface area (Å²) in [5.41, 5.74) is 0. The third-order valence-corrected chi connectivity index (χ3v) is 3.84. The third kappa shape index (κ3) is 3.85. The predicted molar refractivity (Wildman–Crippen MR) is 78.3 cm³/mol. The second kappa shape index (κ2) is 6.43. The lowest BCUT2D eigenvalue weighted by Gasteiger charge is -2.35. The van der Waals surface area contributed by atoms with E-state index in [0.29, 0.717) is 16.5 Å². The maximum atomic E-state index is 12.1. The van der Waals surface area contributed by atoms with E-state index in [1.807, 2.05) is 4.90 Å². The van der Waals surface area contributed by atoms with Crippen molar-refractivity contribution in [3.63, 3.8) is 0 Å². The highest BCUT2D eigenvalue weighted by molar-refractivity contribution is 9.10. The Morgan fingerprint density at radius 2 is 2.00 bits per heavy atom. The van der Waals surface area contributed by atoms with Crippen LogP contribution in [-0.4, -0.2) is 36.3 Å². The molecule has 0 radical (unpaired) electrons. The van der Waals surface area contributed by atoms with Crippen LogP contribution in [0.2, 0.25) is 0 Å². The number of nitrogens with one attached hydrogen (secondary N) is 1. The van der Waals surface area contributed by atoms with Crippen LogP contribution < -0.4 is 5.32 Å². The highest BCUT2D eigenvalue weighted by Gasteiger charge is 2.25. The molecule has 2 rings (SSSR count). The second-order valence-electron chi connectivity index (χ2n) is 5.53. The zero-order valence-electron chi connectivity index (χ0n) is 11.7. The Hall–Kier alpha value is -1.30. The number of piperidine rings is 1. The summed E-state index contributed by atoms with van der Waals surface area (Å²) in [5, 5.41) is 2.59. The summed E-state index contributed by atoms with van der Waals surface area (Å²) in [4.78, 5) is 25.7. The second-order valence-corrected chi connectivity index (χ2v) is 6.31. The fourth-order valence-electron chi connectivity index (χ4n) is 2.66. The minimum atomic E-state index is -0.373. The van der Waals surface area contributed by atoms with Crippen molar-refractivity contribution in [2.75, 3.05) is 19.6 Å². The molecule has 20 heavy (non-hydrogen) atoms. The number of amides is 2. The van der Waals surface area contributed by atoms with Gasteiger partial charge in [-0.1, -0.05) is 13.8 Å². The van der Waals surface area contributed by atoms with Crippen LogP contribution in [0.4, 0.5) is 0 Å². The van der Waals surface area contributed by atoms with E-state index in [-0.39, 0.29) is 24.1 Å². The van der Waals surface area contributed by atoms with E-state index in [1.54, 1.807) is 12.1 Å². The molecule has 2 amide bonds. The minimum absolute atomic E-state index is 0.0105. The number of carbonyl (C=O) groups is 2. The molecule has 2 heterocycles. The average molecular weight is 343 g/mol. The molecule has 1 aromatic rings. The highest BCUT2D eigenvalue weighted by Crippen LogP contribution is 2.20. The maximum absolute atomic E-state index is 12.1. The van der Waals surface area contributed by atoms with Crippen LogP contribution in [-0.2, 0) is 4.79 Å². The molecule has 0 aliphatic carbocycles. The predicted octanol–water partition coefficient (Wildman–Crippen LogP) is 2.28. The van der Waals surface area contributed by atoms with Crippen LogP contribution in [0.15, 0.2) is 21.2 Å². The van der Waals surface area contributed by atoms with E-state index >= 15 is 0 Å². The summed E-state index contributed by atoms with van der Waals surface area (Å²) < 4.78 is 5.63. The Balaban J connectivity index is 1.84. The number of hydrogen-bond acceptors (Lipinski definition) is 3. The third-order valence-electron chi connectivity index (χ3n) is 3.42. The average Bonchev–Trinajstić information content (AvgIpc) is 2.81. The van der Waals surface area contributed by atoms with Crippen molar-refractivity contribution in [1.29, 1.82) is 0 Å². The van der Waals surface area contributed by atoms with E-state index in [4.69, 9.17) is 4.42 Å². The molecule has 0 saturated carbocycles. The zero-order valence-corrected chi connectivity index (χ0v) is 13.3. The Kier molecular flexibility index (Phi) is 4.86. The fraction of sp³-hybridized carbons (Fsp3) is 0.571. The number of rotatable bonds is 3. The molecule has 1 N–H and O–H groups in total. The molecule has 0 aromatic carbocycles. The number of carbonyl (C=O) groups excluding carboxylic acids is 2. The summed E-state index contributed by atoms with van der Waals surface area (Å²) in [6.07, 6.45) is 1.15. The van der Waals surface area contributed by atoms with Crippen molar-refractivity contribution in [3.8, 4) is 0 Å². The van der Waals surface area contributed by atoms with Gasteiger partial charge in [-0.05, 0) is 46.3 Å². The fourth-order valence-corrected chi connectivity index (χ4v) is 2.96. The zero-order chi connectivity index (χ0) is 14.7. The summed E-state index contributed by atoms with van der Waals surface area (Å²) in [6.45, 7) is 5.84. The van der Waals surface area contributed by atoms with Crippen molar-refractivity contribution >= 4 is 27.7 Å². The van der Waals surface area contributed by atoms with Gasteiger partial charge in [-0.25, -0.2) is 0 Å². The van der Waals surface area contributed by atoms with E-state index in [9.17, 15) is 9.59 Å². The van der Waals surface area contributed by atoms with Crippen molar-refractivity contribution in [2.45, 2.75) is 20.3 Å². The molecule has 1 fully saturated rings. The van der Waals surface area contributed by atoms with Gasteiger partial charge in [0.15, 0.2) is 10.4 Å². The van der Waals surface area contributed by atoms with E-state index < -0.39 is 0 Å². The van der Waals surface area contributed by atoms with E-state index in [0.717, 1.165) is 19.5 Å². The van der Waals surface area contributed by atoms with Gasteiger partial charge in [-0.2, -0.15) is 0 Å². The first-order valence-corrected chi connectivity index (χ1v) is 7.56. The number of hydrogen-bond donors (Lipinski definition) is 1. The summed E-state index contributed by atoms with van der Waals surface area (Å²) in [5.74, 6) is 0.813. The summed E-state index contributed by atoms with van der Waals surface area (Å²) in [7, 11) is 0. The van der Waals surface area contributed by atoms with Gasteiger partial charge in [-0.3, -0.25) is 9.59 Å². The number of likely N-dealkylation sites (tertiary alicyclic amines) is 1. The van der Waals surface area contributed by atoms with Gasteiger partial charge in [0.1, 0.15) is 0 Å². The molecule has 110 valence electrons. The smallest absolute Gasteiger partial charge is 0.287 e. The Morgan fingerprint density at radius 3 is 2.55 bits per heavy atom. The van der Waals surface area contributed by atoms with Crippen LogP contribution in [0.3, 0.4) is 0 Å². The van der Waals surface area contributed by atoms with Gasteiger partial charge in [0.2, 0.25) is 5.91 Å². The molecule has 1 aliphatic heterocycles. The lowest BCUT2D eigenvalue weighted by molar-refractivity contribution is -0.132. The van der Waals surface area contributed by atoms with Crippen molar-refractivity contribution in [2.24, 2.45) is 11.8 Å². The van der Waals surface area contributed by atoms with Gasteiger partial charge in [0.25, 0.3) is 5.91 Å². The first-order valence-electron chi connectivity index (χ1n) is 6.77. The summed E-state index contributed by atoms with van der Waals surface area (Å²) >= 11 is 3.13. The van der Waals surface area contributed by atoms with E-state index in [1.165, 1.54) is 0 Å². The van der Waals surface area contributed by atoms with Crippen molar-refractivity contribution in [1.82, 2.24) is 10.2 Å². The van der Waals surface area contributed by atoms with Gasteiger partial charge < -0.3 is 14.6 Å². The normalized spacial score (nSPS) is 22.6. The van der Waals surface area contributed by atoms with Gasteiger partial charge >= 0.3 is 0 Å². The highest BCUT2D eigenvalue weighted by atomic mass is 79.9. The molecule has 0 spiro atoms. The first-order chi connectivity index (χ1) is 9.45. The molecular formula is C14H19BrN2O3. The molecule has 5 nitrogen and oxygen atoms in total. The molecule has 6 heteroatoms. The van der Waals surface area contributed by atoms with Crippen LogP contribution in [0.25, 0.3) is 0 Å². The Labute approximate surface area is 126 Å². The SMILES string of the molecule is C[C@@H]1C[C@H](C)CN(C(=O)CNC(=O)c2ccc(Br)o2)C1. The van der Waals surface area contributed by atoms with Crippen molar-refractivity contribution < 1.29 is 14.0 Å². The van der Waals surface area contributed by atoms with Crippen LogP contribution in [0.5, 0.6) is 0 Å². The lowest BCUT2D eigenvalue weighted by Crippen LogP contribution is -2.46. The summed E-state index contributed by atoms with van der Waals surface area (Å²) in [6, 6.07) is 3.21. The molecule has 0 bridgehead atoms. The topological polar surface area (TPSA) is 62.6 Å². The Morgan fingerprint density at radius 1 is 1.35 bits per heavy atom. The quantitative estimate of drug-likeness (QED) is 0.916. The van der Waals surface area contributed by atoms with Crippen LogP contribution >= 0.6 is 15.9 Å². The molecule has 1 aliphatic rings.